The Morgan fingerprint density at radius 3 is 1.33 bits per heavy atom. The van der Waals surface area contributed by atoms with Crippen LogP contribution in [0.25, 0.3) is 22.1 Å². The fourth-order valence-corrected chi connectivity index (χ4v) is 8.87. The fraction of sp³-hybridized carbons (Fsp3) is 0.278. The van der Waals surface area contributed by atoms with Crippen molar-refractivity contribution in [2.45, 2.75) is 50.0 Å². The van der Waals surface area contributed by atoms with E-state index in [0.29, 0.717) is 46.9 Å². The Hall–Kier alpha value is -3.65. The summed E-state index contributed by atoms with van der Waals surface area (Å²) < 4.78 is 30.7. The molecule has 2 heterocycles. The third kappa shape index (κ3) is 6.39. The molecule has 2 N–H and O–H groups in total. The SMILES string of the molecule is CCc1nc2ccc(C(c3ccc(CCCl)cc3)S(=O)(=O)C(c3ccc(CCCl)cc3)c3ccc4nc(CC)[nH]c4c3)cc2[nH]1. The Morgan fingerprint density at radius 1 is 0.600 bits per heavy atom. The lowest BCUT2D eigenvalue weighted by Gasteiger charge is -2.27. The molecule has 0 saturated carbocycles. The Labute approximate surface area is 274 Å². The first-order valence-electron chi connectivity index (χ1n) is 15.3. The summed E-state index contributed by atoms with van der Waals surface area (Å²) in [7, 11) is -3.98. The number of nitrogens with one attached hydrogen (secondary N) is 2. The van der Waals surface area contributed by atoms with Gasteiger partial charge in [0.25, 0.3) is 0 Å². The second kappa shape index (κ2) is 13.4. The average molecular weight is 660 g/mol. The average Bonchev–Trinajstić information content (AvgIpc) is 3.66. The molecule has 0 aliphatic heterocycles. The van der Waals surface area contributed by atoms with Gasteiger partial charge in [-0.1, -0.05) is 74.5 Å². The maximum atomic E-state index is 15.4. The molecular formula is C36H36Cl2N4O2S. The number of halogens is 2. The van der Waals surface area contributed by atoms with Gasteiger partial charge in [0.05, 0.1) is 22.1 Å². The summed E-state index contributed by atoms with van der Waals surface area (Å²) in [6.07, 6.45) is 2.93. The van der Waals surface area contributed by atoms with Crippen LogP contribution in [0.15, 0.2) is 84.9 Å². The molecule has 2 aromatic heterocycles. The van der Waals surface area contributed by atoms with Crippen LogP contribution in [0.3, 0.4) is 0 Å². The topological polar surface area (TPSA) is 91.5 Å². The van der Waals surface area contributed by atoms with Gasteiger partial charge in [0, 0.05) is 24.6 Å². The minimum Gasteiger partial charge on any atom is -0.342 e. The van der Waals surface area contributed by atoms with E-state index in [2.05, 4.69) is 19.9 Å². The lowest BCUT2D eigenvalue weighted by molar-refractivity contribution is 0.582. The largest absolute Gasteiger partial charge is 0.342 e. The molecule has 0 aliphatic rings. The van der Waals surface area contributed by atoms with Crippen molar-refractivity contribution in [1.29, 1.82) is 0 Å². The number of hydrogen-bond acceptors (Lipinski definition) is 4. The number of sulfone groups is 1. The standard InChI is InChI=1S/C36H36Cl2N4O2S/c1-3-33-39-29-15-13-27(21-31(29)41-33)35(25-9-5-23(6-10-25)17-19-37)45(43,44)36(26-11-7-24(8-12-26)18-20-38)28-14-16-30-32(22-28)42-34(4-2)40-30/h5-16,21-22,35-36H,3-4,17-20H2,1-2H3,(H,39,41)(H,40,42). The van der Waals surface area contributed by atoms with Crippen molar-refractivity contribution >= 4 is 55.1 Å². The Balaban J connectivity index is 1.56. The number of benzene rings is 4. The first-order valence-corrected chi connectivity index (χ1v) is 18.0. The van der Waals surface area contributed by atoms with Crippen LogP contribution in [0.5, 0.6) is 0 Å². The van der Waals surface area contributed by atoms with Gasteiger partial charge in [-0.15, -0.1) is 23.2 Å². The number of imidazole rings is 2. The number of rotatable bonds is 12. The molecule has 2 atom stereocenters. The third-order valence-electron chi connectivity index (χ3n) is 8.37. The van der Waals surface area contributed by atoms with Crippen LogP contribution in [0.1, 0.15) is 69.4 Å². The Bertz CT molecular complexity index is 1890. The van der Waals surface area contributed by atoms with Crippen LogP contribution in [0.4, 0.5) is 0 Å². The van der Waals surface area contributed by atoms with E-state index < -0.39 is 20.3 Å². The number of hydrogen-bond donors (Lipinski definition) is 2. The second-order valence-electron chi connectivity index (χ2n) is 11.3. The van der Waals surface area contributed by atoms with Gasteiger partial charge < -0.3 is 9.97 Å². The molecule has 0 bridgehead atoms. The molecule has 0 fully saturated rings. The number of nitrogens with zero attached hydrogens (tertiary/aromatic N) is 2. The molecule has 6 rings (SSSR count). The highest BCUT2D eigenvalue weighted by atomic mass is 35.5. The van der Waals surface area contributed by atoms with Crippen LogP contribution >= 0.6 is 23.2 Å². The normalized spacial score (nSPS) is 13.4. The summed E-state index contributed by atoms with van der Waals surface area (Å²) in [5.74, 6) is 2.71. The second-order valence-corrected chi connectivity index (χ2v) is 14.2. The van der Waals surface area contributed by atoms with Crippen molar-refractivity contribution in [3.8, 4) is 0 Å². The number of aromatic amines is 2. The minimum atomic E-state index is -3.98. The first-order chi connectivity index (χ1) is 21.8. The van der Waals surface area contributed by atoms with E-state index in [1.165, 1.54) is 0 Å². The van der Waals surface area contributed by atoms with Crippen molar-refractivity contribution in [3.63, 3.8) is 0 Å². The predicted molar refractivity (Wildman–Crippen MR) is 185 cm³/mol. The van der Waals surface area contributed by atoms with Crippen LogP contribution in [-0.4, -0.2) is 40.1 Å². The number of aryl methyl sites for hydroxylation is 4. The van der Waals surface area contributed by atoms with E-state index in [1.54, 1.807) is 0 Å². The van der Waals surface area contributed by atoms with Crippen molar-refractivity contribution in [1.82, 2.24) is 19.9 Å². The molecule has 45 heavy (non-hydrogen) atoms. The number of fused-ring (bicyclic) bond motifs is 2. The van der Waals surface area contributed by atoms with E-state index in [0.717, 1.165) is 57.7 Å². The van der Waals surface area contributed by atoms with E-state index in [1.807, 2.05) is 98.8 Å². The van der Waals surface area contributed by atoms with Crippen LogP contribution in [0, 0.1) is 0 Å². The van der Waals surface area contributed by atoms with Gasteiger partial charge >= 0.3 is 0 Å². The summed E-state index contributed by atoms with van der Waals surface area (Å²) in [4.78, 5) is 16.0. The van der Waals surface area contributed by atoms with Crippen molar-refractivity contribution < 1.29 is 8.42 Å². The molecule has 0 spiro atoms. The lowest BCUT2D eigenvalue weighted by Crippen LogP contribution is -2.23. The maximum Gasteiger partial charge on any atom is 0.172 e. The van der Waals surface area contributed by atoms with Gasteiger partial charge in [-0.2, -0.15) is 0 Å². The van der Waals surface area contributed by atoms with Gasteiger partial charge in [0.2, 0.25) is 0 Å². The minimum absolute atomic E-state index is 0.495. The molecule has 6 aromatic rings. The Morgan fingerprint density at radius 2 is 0.978 bits per heavy atom. The molecule has 232 valence electrons. The molecule has 2 unspecified atom stereocenters. The fourth-order valence-electron chi connectivity index (χ4n) is 6.04. The highest BCUT2D eigenvalue weighted by Gasteiger charge is 2.39. The molecule has 9 heteroatoms. The first kappa shape index (κ1) is 31.3. The van der Waals surface area contributed by atoms with Crippen molar-refractivity contribution in [3.05, 3.63) is 130 Å². The monoisotopic (exact) mass is 658 g/mol. The highest BCUT2D eigenvalue weighted by molar-refractivity contribution is 7.92. The van der Waals surface area contributed by atoms with Gasteiger partial charge in [-0.3, -0.25) is 0 Å². The highest BCUT2D eigenvalue weighted by Crippen LogP contribution is 2.43. The summed E-state index contributed by atoms with van der Waals surface area (Å²) in [5.41, 5.74) is 8.13. The Kier molecular flexibility index (Phi) is 9.31. The lowest BCUT2D eigenvalue weighted by atomic mass is 10.0. The van der Waals surface area contributed by atoms with Gasteiger partial charge in [0.1, 0.15) is 22.1 Å². The van der Waals surface area contributed by atoms with Gasteiger partial charge in [-0.25, -0.2) is 18.4 Å². The third-order valence-corrected chi connectivity index (χ3v) is 11.2. The van der Waals surface area contributed by atoms with Gasteiger partial charge in [0.15, 0.2) is 9.84 Å². The molecular weight excluding hydrogens is 623 g/mol. The van der Waals surface area contributed by atoms with Crippen LogP contribution in [-0.2, 0) is 35.5 Å². The molecule has 4 aromatic carbocycles. The van der Waals surface area contributed by atoms with Gasteiger partial charge in [-0.05, 0) is 70.5 Å². The maximum absolute atomic E-state index is 15.4. The number of alkyl halides is 2. The number of H-pyrrole nitrogens is 2. The molecule has 0 amide bonds. The predicted octanol–water partition coefficient (Wildman–Crippen LogP) is 8.42. The van der Waals surface area contributed by atoms with Crippen LogP contribution < -0.4 is 0 Å². The zero-order valence-corrected chi connectivity index (χ0v) is 27.7. The molecule has 0 aliphatic carbocycles. The summed E-state index contributed by atoms with van der Waals surface area (Å²) in [5, 5.41) is -1.90. The van der Waals surface area contributed by atoms with E-state index >= 15 is 8.42 Å². The number of aromatic nitrogens is 4. The smallest absolute Gasteiger partial charge is 0.172 e. The zero-order chi connectivity index (χ0) is 31.6. The zero-order valence-electron chi connectivity index (χ0n) is 25.4. The van der Waals surface area contributed by atoms with Crippen molar-refractivity contribution in [2.75, 3.05) is 11.8 Å². The summed E-state index contributed by atoms with van der Waals surface area (Å²) >= 11 is 12.0. The van der Waals surface area contributed by atoms with E-state index in [-0.39, 0.29) is 0 Å². The summed E-state index contributed by atoms with van der Waals surface area (Å²) in [6, 6.07) is 27.1. The van der Waals surface area contributed by atoms with E-state index in [9.17, 15) is 0 Å². The molecule has 0 radical (unpaired) electrons. The van der Waals surface area contributed by atoms with Crippen molar-refractivity contribution in [2.24, 2.45) is 0 Å². The van der Waals surface area contributed by atoms with E-state index in [4.69, 9.17) is 23.2 Å². The quantitative estimate of drug-likeness (QED) is 0.129. The van der Waals surface area contributed by atoms with Crippen LogP contribution in [0.2, 0.25) is 0 Å². The molecule has 0 saturated heterocycles. The molecule has 6 nitrogen and oxygen atoms in total. The summed E-state index contributed by atoms with van der Waals surface area (Å²) in [6.45, 7) is 4.08.